The standard InChI is InChI=1S/C13H13F3O3/c1-7-2-3-8(4-10(7)13(14,15)16)12(11(18)19)5-9(17)6-12/h2-4,9,17H,5-6H2,1H3,(H,18,19). The second kappa shape index (κ2) is 4.23. The summed E-state index contributed by atoms with van der Waals surface area (Å²) in [5, 5.41) is 18.5. The second-order valence-electron chi connectivity index (χ2n) is 4.98. The van der Waals surface area contributed by atoms with E-state index in [9.17, 15) is 28.2 Å². The number of benzene rings is 1. The lowest BCUT2D eigenvalue weighted by Crippen LogP contribution is -2.50. The predicted molar refractivity (Wildman–Crippen MR) is 60.7 cm³/mol. The minimum atomic E-state index is -4.51. The van der Waals surface area contributed by atoms with Gasteiger partial charge in [0.25, 0.3) is 0 Å². The summed E-state index contributed by atoms with van der Waals surface area (Å²) in [6.07, 6.45) is -5.39. The molecule has 0 aliphatic heterocycles. The van der Waals surface area contributed by atoms with Crippen LogP contribution in [0, 0.1) is 6.92 Å². The molecule has 0 radical (unpaired) electrons. The molecule has 1 saturated carbocycles. The van der Waals surface area contributed by atoms with Crippen molar-refractivity contribution in [2.45, 2.75) is 37.5 Å². The van der Waals surface area contributed by atoms with Gasteiger partial charge in [-0.15, -0.1) is 0 Å². The highest BCUT2D eigenvalue weighted by molar-refractivity contribution is 5.83. The number of hydrogen-bond acceptors (Lipinski definition) is 2. The molecule has 0 bridgehead atoms. The molecular formula is C13H13F3O3. The Labute approximate surface area is 107 Å². The monoisotopic (exact) mass is 274 g/mol. The van der Waals surface area contributed by atoms with E-state index in [1.807, 2.05) is 0 Å². The van der Waals surface area contributed by atoms with Gasteiger partial charge in [0.2, 0.25) is 0 Å². The SMILES string of the molecule is Cc1ccc(C2(C(=O)O)CC(O)C2)cc1C(F)(F)F. The van der Waals surface area contributed by atoms with Crippen LogP contribution in [0.3, 0.4) is 0 Å². The summed E-state index contributed by atoms with van der Waals surface area (Å²) in [6, 6.07) is 3.55. The van der Waals surface area contributed by atoms with Crippen LogP contribution in [0.5, 0.6) is 0 Å². The average molecular weight is 274 g/mol. The number of aliphatic carboxylic acids is 1. The highest BCUT2D eigenvalue weighted by Gasteiger charge is 2.52. The van der Waals surface area contributed by atoms with Gasteiger partial charge in [-0.25, -0.2) is 0 Å². The van der Waals surface area contributed by atoms with E-state index in [2.05, 4.69) is 0 Å². The molecule has 1 aromatic rings. The summed E-state index contributed by atoms with van der Waals surface area (Å²) in [7, 11) is 0. The maximum atomic E-state index is 12.8. The number of halogens is 3. The van der Waals surface area contributed by atoms with Gasteiger partial charge in [0.15, 0.2) is 0 Å². The van der Waals surface area contributed by atoms with Crippen LogP contribution in [-0.4, -0.2) is 22.3 Å². The molecule has 0 aromatic heterocycles. The van der Waals surface area contributed by atoms with Gasteiger partial charge in [0.05, 0.1) is 17.1 Å². The zero-order valence-corrected chi connectivity index (χ0v) is 10.2. The minimum Gasteiger partial charge on any atom is -0.481 e. The van der Waals surface area contributed by atoms with E-state index in [0.29, 0.717) is 0 Å². The second-order valence-corrected chi connectivity index (χ2v) is 4.98. The summed E-state index contributed by atoms with van der Waals surface area (Å²) < 4.78 is 38.5. The normalized spacial score (nSPS) is 26.9. The number of carbonyl (C=O) groups is 1. The zero-order chi connectivity index (χ0) is 14.4. The van der Waals surface area contributed by atoms with E-state index in [-0.39, 0.29) is 24.0 Å². The Kier molecular flexibility index (Phi) is 3.09. The highest BCUT2D eigenvalue weighted by Crippen LogP contribution is 2.45. The summed E-state index contributed by atoms with van der Waals surface area (Å²) in [5.41, 5.74) is -2.07. The Hall–Kier alpha value is -1.56. The third-order valence-electron chi connectivity index (χ3n) is 3.67. The van der Waals surface area contributed by atoms with Crippen molar-refractivity contribution in [3.63, 3.8) is 0 Å². The van der Waals surface area contributed by atoms with Gasteiger partial charge in [0.1, 0.15) is 0 Å². The first kappa shape index (κ1) is 13.9. The van der Waals surface area contributed by atoms with E-state index in [1.165, 1.54) is 19.1 Å². The fourth-order valence-electron chi connectivity index (χ4n) is 2.50. The minimum absolute atomic E-state index is 0.0525. The first-order chi connectivity index (χ1) is 8.67. The molecular weight excluding hydrogens is 261 g/mol. The molecule has 1 aliphatic carbocycles. The Morgan fingerprint density at radius 1 is 1.37 bits per heavy atom. The molecule has 1 fully saturated rings. The van der Waals surface area contributed by atoms with Gasteiger partial charge in [-0.05, 0) is 37.0 Å². The molecule has 0 unspecified atom stereocenters. The quantitative estimate of drug-likeness (QED) is 0.871. The lowest BCUT2D eigenvalue weighted by Gasteiger charge is -2.42. The Morgan fingerprint density at radius 3 is 2.37 bits per heavy atom. The Balaban J connectivity index is 2.49. The number of alkyl halides is 3. The Bertz CT molecular complexity index is 516. The number of aryl methyl sites for hydroxylation is 1. The van der Waals surface area contributed by atoms with E-state index in [0.717, 1.165) is 6.07 Å². The lowest BCUT2D eigenvalue weighted by molar-refractivity contribution is -0.153. The average Bonchev–Trinajstić information content (AvgIpc) is 2.23. The van der Waals surface area contributed by atoms with Crippen molar-refractivity contribution in [1.29, 1.82) is 0 Å². The molecule has 2 rings (SSSR count). The molecule has 0 spiro atoms. The highest BCUT2D eigenvalue weighted by atomic mass is 19.4. The molecule has 1 aromatic carbocycles. The fourth-order valence-corrected chi connectivity index (χ4v) is 2.50. The van der Waals surface area contributed by atoms with Crippen molar-refractivity contribution < 1.29 is 28.2 Å². The summed E-state index contributed by atoms with van der Waals surface area (Å²) in [4.78, 5) is 11.3. The molecule has 6 heteroatoms. The van der Waals surface area contributed by atoms with E-state index in [4.69, 9.17) is 0 Å². The van der Waals surface area contributed by atoms with Crippen molar-refractivity contribution in [3.05, 3.63) is 34.9 Å². The van der Waals surface area contributed by atoms with Gasteiger partial charge < -0.3 is 10.2 Å². The summed E-state index contributed by atoms with van der Waals surface area (Å²) in [5.74, 6) is -1.20. The van der Waals surface area contributed by atoms with Gasteiger partial charge in [-0.1, -0.05) is 12.1 Å². The largest absolute Gasteiger partial charge is 0.481 e. The van der Waals surface area contributed by atoms with E-state index >= 15 is 0 Å². The Morgan fingerprint density at radius 2 is 1.95 bits per heavy atom. The number of rotatable bonds is 2. The summed E-state index contributed by atoms with van der Waals surface area (Å²) in [6.45, 7) is 1.33. The topological polar surface area (TPSA) is 57.5 Å². The van der Waals surface area contributed by atoms with Crippen LogP contribution in [0.15, 0.2) is 18.2 Å². The first-order valence-corrected chi connectivity index (χ1v) is 5.76. The molecule has 1 aliphatic rings. The molecule has 0 saturated heterocycles. The van der Waals surface area contributed by atoms with Crippen molar-refractivity contribution in [2.24, 2.45) is 0 Å². The van der Waals surface area contributed by atoms with Crippen LogP contribution < -0.4 is 0 Å². The molecule has 19 heavy (non-hydrogen) atoms. The van der Waals surface area contributed by atoms with Crippen LogP contribution in [0.1, 0.15) is 29.5 Å². The number of carboxylic acid groups (broad SMARTS) is 1. The fraction of sp³-hybridized carbons (Fsp3) is 0.462. The van der Waals surface area contributed by atoms with Gasteiger partial charge in [-0.2, -0.15) is 13.2 Å². The molecule has 3 nitrogen and oxygen atoms in total. The van der Waals surface area contributed by atoms with Crippen LogP contribution in [0.2, 0.25) is 0 Å². The number of aliphatic hydroxyl groups is 1. The number of hydrogen-bond donors (Lipinski definition) is 2. The van der Waals surface area contributed by atoms with Crippen LogP contribution >= 0.6 is 0 Å². The third-order valence-corrected chi connectivity index (χ3v) is 3.67. The van der Waals surface area contributed by atoms with Crippen LogP contribution in [-0.2, 0) is 16.4 Å². The van der Waals surface area contributed by atoms with Crippen molar-refractivity contribution in [3.8, 4) is 0 Å². The number of carboxylic acids is 1. The molecule has 0 heterocycles. The van der Waals surface area contributed by atoms with Gasteiger partial charge in [-0.3, -0.25) is 4.79 Å². The third kappa shape index (κ3) is 2.20. The van der Waals surface area contributed by atoms with Gasteiger partial charge >= 0.3 is 12.1 Å². The van der Waals surface area contributed by atoms with E-state index in [1.54, 1.807) is 0 Å². The maximum Gasteiger partial charge on any atom is 0.416 e. The zero-order valence-electron chi connectivity index (χ0n) is 10.2. The molecule has 0 amide bonds. The summed E-state index contributed by atoms with van der Waals surface area (Å²) >= 11 is 0. The predicted octanol–water partition coefficient (Wildman–Crippen LogP) is 2.49. The first-order valence-electron chi connectivity index (χ1n) is 5.76. The molecule has 0 atom stereocenters. The van der Waals surface area contributed by atoms with Crippen molar-refractivity contribution >= 4 is 5.97 Å². The van der Waals surface area contributed by atoms with E-state index < -0.39 is 29.2 Å². The van der Waals surface area contributed by atoms with Crippen molar-refractivity contribution in [1.82, 2.24) is 0 Å². The van der Waals surface area contributed by atoms with Crippen LogP contribution in [0.4, 0.5) is 13.2 Å². The smallest absolute Gasteiger partial charge is 0.416 e. The van der Waals surface area contributed by atoms with Gasteiger partial charge in [0, 0.05) is 0 Å². The molecule has 104 valence electrons. The van der Waals surface area contributed by atoms with Crippen LogP contribution in [0.25, 0.3) is 0 Å². The maximum absolute atomic E-state index is 12.8. The number of aliphatic hydroxyl groups excluding tert-OH is 1. The van der Waals surface area contributed by atoms with Crippen molar-refractivity contribution in [2.75, 3.05) is 0 Å². The lowest BCUT2D eigenvalue weighted by atomic mass is 9.62. The molecule has 2 N–H and O–H groups in total.